The average molecular weight is 367 g/mol. The number of rotatable bonds is 9. The maximum atomic E-state index is 11.9. The first kappa shape index (κ1) is 19.8. The molecule has 0 saturated carbocycles. The zero-order chi connectivity index (χ0) is 19.5. The lowest BCUT2D eigenvalue weighted by Gasteiger charge is -2.10. The number of carbonyl (C=O) groups excluding carboxylic acids is 2. The molecule has 0 spiro atoms. The second-order valence-electron chi connectivity index (χ2n) is 5.55. The Morgan fingerprint density at radius 1 is 1.04 bits per heavy atom. The molecular weight excluding hydrogens is 346 g/mol. The van der Waals surface area contributed by atoms with Gasteiger partial charge in [-0.2, -0.15) is 5.26 Å². The van der Waals surface area contributed by atoms with Gasteiger partial charge in [0.25, 0.3) is 5.91 Å². The highest BCUT2D eigenvalue weighted by atomic mass is 16.5. The standard InChI is InChI=1S/C20H21N3O4/c1-2-26-17-6-8-18(9-7-17)27-14-20(25)22-13-15-4-3-5-16(12-15)23-19(24)10-11-21/h3-9,12H,2,10,13-14H2,1H3,(H,22,25)(H,23,24). The summed E-state index contributed by atoms with van der Waals surface area (Å²) in [6.45, 7) is 2.69. The Morgan fingerprint density at radius 3 is 2.41 bits per heavy atom. The molecule has 0 aliphatic carbocycles. The van der Waals surface area contributed by atoms with Crippen molar-refractivity contribution in [1.29, 1.82) is 5.26 Å². The molecular formula is C20H21N3O4. The van der Waals surface area contributed by atoms with Crippen molar-refractivity contribution in [3.8, 4) is 17.6 Å². The molecule has 0 atom stereocenters. The van der Waals surface area contributed by atoms with Crippen molar-refractivity contribution in [3.63, 3.8) is 0 Å². The number of amides is 2. The lowest BCUT2D eigenvalue weighted by molar-refractivity contribution is -0.123. The number of anilines is 1. The summed E-state index contributed by atoms with van der Waals surface area (Å²) in [6, 6.07) is 15.9. The maximum Gasteiger partial charge on any atom is 0.258 e. The number of nitriles is 1. The fourth-order valence-electron chi connectivity index (χ4n) is 2.24. The molecule has 140 valence electrons. The van der Waals surface area contributed by atoms with Crippen molar-refractivity contribution in [3.05, 3.63) is 54.1 Å². The summed E-state index contributed by atoms with van der Waals surface area (Å²) in [5.74, 6) is 0.692. The summed E-state index contributed by atoms with van der Waals surface area (Å²) < 4.78 is 10.8. The zero-order valence-electron chi connectivity index (χ0n) is 15.0. The van der Waals surface area contributed by atoms with Crippen LogP contribution in [0.2, 0.25) is 0 Å². The Morgan fingerprint density at radius 2 is 1.74 bits per heavy atom. The van der Waals surface area contributed by atoms with Crippen LogP contribution in [-0.2, 0) is 16.1 Å². The average Bonchev–Trinajstić information content (AvgIpc) is 2.66. The van der Waals surface area contributed by atoms with Gasteiger partial charge in [0.2, 0.25) is 5.91 Å². The van der Waals surface area contributed by atoms with Crippen LogP contribution >= 0.6 is 0 Å². The first-order chi connectivity index (χ1) is 13.1. The van der Waals surface area contributed by atoms with Gasteiger partial charge in [0.1, 0.15) is 17.9 Å². The Bertz CT molecular complexity index is 813. The zero-order valence-corrected chi connectivity index (χ0v) is 15.0. The number of nitrogens with one attached hydrogen (secondary N) is 2. The van der Waals surface area contributed by atoms with Gasteiger partial charge < -0.3 is 20.1 Å². The number of hydrogen-bond donors (Lipinski definition) is 2. The topological polar surface area (TPSA) is 100 Å². The summed E-state index contributed by atoms with van der Waals surface area (Å²) in [6.07, 6.45) is -0.205. The number of hydrogen-bond acceptors (Lipinski definition) is 5. The minimum Gasteiger partial charge on any atom is -0.494 e. The van der Waals surface area contributed by atoms with Crippen molar-refractivity contribution in [2.75, 3.05) is 18.5 Å². The van der Waals surface area contributed by atoms with Crippen LogP contribution in [0.5, 0.6) is 11.5 Å². The molecule has 7 nitrogen and oxygen atoms in total. The molecule has 0 unspecified atom stereocenters. The predicted molar refractivity (Wildman–Crippen MR) is 100 cm³/mol. The van der Waals surface area contributed by atoms with Crippen LogP contribution in [0.1, 0.15) is 18.9 Å². The van der Waals surface area contributed by atoms with E-state index < -0.39 is 0 Å². The van der Waals surface area contributed by atoms with E-state index in [1.807, 2.05) is 13.0 Å². The molecule has 2 rings (SSSR count). The van der Waals surface area contributed by atoms with E-state index in [1.165, 1.54) is 0 Å². The lowest BCUT2D eigenvalue weighted by Crippen LogP contribution is -2.28. The van der Waals surface area contributed by atoms with E-state index in [1.54, 1.807) is 48.5 Å². The van der Waals surface area contributed by atoms with Crippen molar-refractivity contribution in [2.24, 2.45) is 0 Å². The molecule has 0 aromatic heterocycles. The third kappa shape index (κ3) is 7.08. The van der Waals surface area contributed by atoms with Crippen molar-refractivity contribution < 1.29 is 19.1 Å². The number of nitrogens with zero attached hydrogens (tertiary/aromatic N) is 1. The lowest BCUT2D eigenvalue weighted by atomic mass is 10.2. The first-order valence-electron chi connectivity index (χ1n) is 8.49. The summed E-state index contributed by atoms with van der Waals surface area (Å²) in [5.41, 5.74) is 1.40. The first-order valence-corrected chi connectivity index (χ1v) is 8.49. The van der Waals surface area contributed by atoms with Gasteiger partial charge >= 0.3 is 0 Å². The Balaban J connectivity index is 1.78. The Labute approximate surface area is 157 Å². The molecule has 0 aliphatic rings. The van der Waals surface area contributed by atoms with Gasteiger partial charge in [-0.15, -0.1) is 0 Å². The smallest absolute Gasteiger partial charge is 0.258 e. The summed E-state index contributed by atoms with van der Waals surface area (Å²) in [5, 5.41) is 13.9. The predicted octanol–water partition coefficient (Wildman–Crippen LogP) is 2.63. The third-order valence-electron chi connectivity index (χ3n) is 3.44. The highest BCUT2D eigenvalue weighted by Crippen LogP contribution is 2.17. The van der Waals surface area contributed by atoms with E-state index >= 15 is 0 Å². The molecule has 2 amide bonds. The number of ether oxygens (including phenoxy) is 2. The molecule has 0 radical (unpaired) electrons. The van der Waals surface area contributed by atoms with Gasteiger partial charge in [-0.1, -0.05) is 12.1 Å². The monoisotopic (exact) mass is 367 g/mol. The fraction of sp³-hybridized carbons (Fsp3) is 0.250. The van der Waals surface area contributed by atoms with Gasteiger partial charge in [0, 0.05) is 12.2 Å². The summed E-state index contributed by atoms with van der Waals surface area (Å²) in [7, 11) is 0. The van der Waals surface area contributed by atoms with Crippen LogP contribution in [0.15, 0.2) is 48.5 Å². The minimum atomic E-state index is -0.373. The normalized spacial score (nSPS) is 9.78. The quantitative estimate of drug-likeness (QED) is 0.710. The molecule has 7 heteroatoms. The fourth-order valence-corrected chi connectivity index (χ4v) is 2.24. The molecule has 27 heavy (non-hydrogen) atoms. The van der Waals surface area contributed by atoms with Crippen LogP contribution in [0, 0.1) is 11.3 Å². The second kappa shape index (κ2) is 10.5. The Kier molecular flexibility index (Phi) is 7.67. The van der Waals surface area contributed by atoms with Gasteiger partial charge in [-0.3, -0.25) is 9.59 Å². The largest absolute Gasteiger partial charge is 0.494 e. The molecule has 0 aliphatic heterocycles. The van der Waals surface area contributed by atoms with Gasteiger partial charge in [0.15, 0.2) is 6.61 Å². The SMILES string of the molecule is CCOc1ccc(OCC(=O)NCc2cccc(NC(=O)CC#N)c2)cc1. The summed E-state index contributed by atoms with van der Waals surface area (Å²) in [4.78, 5) is 23.4. The van der Waals surface area contributed by atoms with Crippen LogP contribution in [0.4, 0.5) is 5.69 Å². The number of benzene rings is 2. The van der Waals surface area contributed by atoms with Crippen molar-refractivity contribution in [1.82, 2.24) is 5.32 Å². The Hall–Kier alpha value is -3.53. The maximum absolute atomic E-state index is 11.9. The molecule has 2 N–H and O–H groups in total. The van der Waals surface area contributed by atoms with E-state index in [-0.39, 0.29) is 24.8 Å². The second-order valence-corrected chi connectivity index (χ2v) is 5.55. The van der Waals surface area contributed by atoms with E-state index in [2.05, 4.69) is 10.6 Å². The number of carbonyl (C=O) groups is 2. The minimum absolute atomic E-state index is 0.105. The van der Waals surface area contributed by atoms with E-state index in [9.17, 15) is 9.59 Å². The van der Waals surface area contributed by atoms with E-state index in [4.69, 9.17) is 14.7 Å². The van der Waals surface area contributed by atoms with Gasteiger partial charge in [-0.25, -0.2) is 0 Å². The highest BCUT2D eigenvalue weighted by Gasteiger charge is 2.05. The van der Waals surface area contributed by atoms with Gasteiger partial charge in [-0.05, 0) is 48.9 Å². The van der Waals surface area contributed by atoms with E-state index in [0.29, 0.717) is 24.6 Å². The summed E-state index contributed by atoms with van der Waals surface area (Å²) >= 11 is 0. The molecule has 0 bridgehead atoms. The van der Waals surface area contributed by atoms with Crippen LogP contribution < -0.4 is 20.1 Å². The molecule has 0 saturated heterocycles. The third-order valence-corrected chi connectivity index (χ3v) is 3.44. The van der Waals surface area contributed by atoms with Crippen LogP contribution in [0.3, 0.4) is 0 Å². The van der Waals surface area contributed by atoms with Gasteiger partial charge in [0.05, 0.1) is 12.7 Å². The van der Waals surface area contributed by atoms with Crippen molar-refractivity contribution in [2.45, 2.75) is 19.9 Å². The molecule has 0 heterocycles. The van der Waals surface area contributed by atoms with Crippen molar-refractivity contribution >= 4 is 17.5 Å². The molecule has 2 aromatic carbocycles. The van der Waals surface area contributed by atoms with Crippen LogP contribution in [0.25, 0.3) is 0 Å². The van der Waals surface area contributed by atoms with Crippen LogP contribution in [-0.4, -0.2) is 25.0 Å². The molecule has 0 fully saturated rings. The molecule has 2 aromatic rings. The highest BCUT2D eigenvalue weighted by molar-refractivity contribution is 5.92. The van der Waals surface area contributed by atoms with E-state index in [0.717, 1.165) is 11.3 Å².